The van der Waals surface area contributed by atoms with Gasteiger partial charge in [-0.15, -0.1) is 0 Å². The maximum atomic E-state index is 11.3. The lowest BCUT2D eigenvalue weighted by molar-refractivity contribution is -0.134. The molecule has 1 atom stereocenters. The third-order valence-electron chi connectivity index (χ3n) is 2.40. The van der Waals surface area contributed by atoms with E-state index in [1.165, 1.54) is 0 Å². The van der Waals surface area contributed by atoms with Gasteiger partial charge in [-0.25, -0.2) is 5.48 Å². The Kier molecular flexibility index (Phi) is 4.81. The van der Waals surface area contributed by atoms with Crippen LogP contribution in [-0.2, 0) is 4.79 Å². The molecular formula is C8H18N4O2. The van der Waals surface area contributed by atoms with Crippen molar-refractivity contribution in [1.82, 2.24) is 21.0 Å². The normalized spacial score (nSPS) is 26.0. The Labute approximate surface area is 83.6 Å². The number of likely N-dealkylation sites (N-methyl/N-ethyl adjacent to an activating group) is 1. The van der Waals surface area contributed by atoms with Crippen molar-refractivity contribution in [3.8, 4) is 0 Å². The minimum Gasteiger partial charge on any atom is -0.314 e. The van der Waals surface area contributed by atoms with Gasteiger partial charge in [0.05, 0.1) is 0 Å². The standard InChI is InChI=1S/C8H18N4O2/c1-12-5-4-9-2-3-10-6-7(12)8(13)11-14/h7,9-10,14H,2-6H2,1H3,(H,11,13). The number of hydroxylamine groups is 1. The molecule has 1 rings (SSSR count). The van der Waals surface area contributed by atoms with Crippen LogP contribution in [-0.4, -0.2) is 61.8 Å². The number of nitrogens with zero attached hydrogens (tertiary/aromatic N) is 1. The van der Waals surface area contributed by atoms with Gasteiger partial charge in [0.1, 0.15) is 6.04 Å². The molecule has 1 fully saturated rings. The Hall–Kier alpha value is -0.690. The van der Waals surface area contributed by atoms with E-state index in [-0.39, 0.29) is 11.9 Å². The van der Waals surface area contributed by atoms with Gasteiger partial charge >= 0.3 is 0 Å². The number of amides is 1. The van der Waals surface area contributed by atoms with Crippen LogP contribution < -0.4 is 16.1 Å². The quantitative estimate of drug-likeness (QED) is 0.292. The van der Waals surface area contributed by atoms with Crippen LogP contribution in [0.25, 0.3) is 0 Å². The highest BCUT2D eigenvalue weighted by Gasteiger charge is 2.22. The summed E-state index contributed by atoms with van der Waals surface area (Å²) < 4.78 is 0. The highest BCUT2D eigenvalue weighted by molar-refractivity contribution is 5.80. The van der Waals surface area contributed by atoms with Crippen molar-refractivity contribution < 1.29 is 10.0 Å². The molecule has 1 aliphatic rings. The van der Waals surface area contributed by atoms with Crippen LogP contribution in [0.15, 0.2) is 0 Å². The van der Waals surface area contributed by atoms with E-state index in [4.69, 9.17) is 5.21 Å². The number of hydrogen-bond acceptors (Lipinski definition) is 5. The van der Waals surface area contributed by atoms with Crippen LogP contribution in [0.3, 0.4) is 0 Å². The van der Waals surface area contributed by atoms with Crippen LogP contribution in [0.4, 0.5) is 0 Å². The van der Waals surface area contributed by atoms with Crippen LogP contribution >= 0.6 is 0 Å². The van der Waals surface area contributed by atoms with Gasteiger partial charge < -0.3 is 10.6 Å². The molecule has 0 aromatic carbocycles. The zero-order chi connectivity index (χ0) is 10.4. The molecule has 0 saturated carbocycles. The van der Waals surface area contributed by atoms with Crippen molar-refractivity contribution in [1.29, 1.82) is 0 Å². The van der Waals surface area contributed by atoms with E-state index in [9.17, 15) is 4.79 Å². The lowest BCUT2D eigenvalue weighted by Gasteiger charge is -2.25. The molecule has 0 radical (unpaired) electrons. The highest BCUT2D eigenvalue weighted by Crippen LogP contribution is 1.95. The zero-order valence-electron chi connectivity index (χ0n) is 8.42. The number of carbonyl (C=O) groups is 1. The third-order valence-corrected chi connectivity index (χ3v) is 2.40. The second-order valence-corrected chi connectivity index (χ2v) is 3.43. The molecule has 1 unspecified atom stereocenters. The van der Waals surface area contributed by atoms with Gasteiger partial charge in [-0.2, -0.15) is 0 Å². The number of hydrogen-bond donors (Lipinski definition) is 4. The van der Waals surface area contributed by atoms with Crippen molar-refractivity contribution in [3.05, 3.63) is 0 Å². The van der Waals surface area contributed by atoms with Crippen molar-refractivity contribution >= 4 is 5.91 Å². The topological polar surface area (TPSA) is 76.6 Å². The number of carbonyl (C=O) groups excluding carboxylic acids is 1. The predicted octanol–water partition coefficient (Wildman–Crippen LogP) is -2.01. The first-order valence-corrected chi connectivity index (χ1v) is 4.81. The molecule has 14 heavy (non-hydrogen) atoms. The molecule has 0 aliphatic carbocycles. The van der Waals surface area contributed by atoms with Crippen molar-refractivity contribution in [3.63, 3.8) is 0 Å². The summed E-state index contributed by atoms with van der Waals surface area (Å²) in [6, 6.07) is -0.306. The smallest absolute Gasteiger partial charge is 0.261 e. The maximum Gasteiger partial charge on any atom is 0.261 e. The molecule has 1 saturated heterocycles. The SMILES string of the molecule is CN1CCNCCNCC1C(=O)NO. The molecule has 0 spiro atoms. The van der Waals surface area contributed by atoms with E-state index in [1.54, 1.807) is 5.48 Å². The Morgan fingerprint density at radius 3 is 2.86 bits per heavy atom. The summed E-state index contributed by atoms with van der Waals surface area (Å²) in [6.07, 6.45) is 0. The van der Waals surface area contributed by atoms with Crippen LogP contribution in [0.5, 0.6) is 0 Å². The van der Waals surface area contributed by atoms with E-state index in [1.807, 2.05) is 11.9 Å². The molecule has 1 heterocycles. The summed E-state index contributed by atoms with van der Waals surface area (Å²) in [5, 5.41) is 15.0. The molecule has 1 aliphatic heterocycles. The summed E-state index contributed by atoms with van der Waals surface area (Å²) in [5.41, 5.74) is 1.69. The Morgan fingerprint density at radius 2 is 2.14 bits per heavy atom. The summed E-state index contributed by atoms with van der Waals surface area (Å²) in [6.45, 7) is 3.95. The van der Waals surface area contributed by atoms with Crippen LogP contribution in [0, 0.1) is 0 Å². The van der Waals surface area contributed by atoms with Crippen LogP contribution in [0.2, 0.25) is 0 Å². The van der Waals surface area contributed by atoms with E-state index in [2.05, 4.69) is 10.6 Å². The Bertz CT molecular complexity index is 188. The van der Waals surface area contributed by atoms with Crippen molar-refractivity contribution in [2.75, 3.05) is 39.8 Å². The lowest BCUT2D eigenvalue weighted by Crippen LogP contribution is -2.50. The first-order valence-electron chi connectivity index (χ1n) is 4.81. The largest absolute Gasteiger partial charge is 0.314 e. The van der Waals surface area contributed by atoms with E-state index >= 15 is 0 Å². The lowest BCUT2D eigenvalue weighted by atomic mass is 10.2. The van der Waals surface area contributed by atoms with Crippen molar-refractivity contribution in [2.24, 2.45) is 0 Å². The van der Waals surface area contributed by atoms with Gasteiger partial charge in [0, 0.05) is 32.7 Å². The molecule has 0 aromatic heterocycles. The van der Waals surface area contributed by atoms with Crippen LogP contribution in [0.1, 0.15) is 0 Å². The predicted molar refractivity (Wildman–Crippen MR) is 52.1 cm³/mol. The average molecular weight is 202 g/mol. The van der Waals surface area contributed by atoms with E-state index in [0.717, 1.165) is 26.2 Å². The first-order chi connectivity index (χ1) is 6.75. The van der Waals surface area contributed by atoms with Gasteiger partial charge in [-0.3, -0.25) is 14.9 Å². The summed E-state index contributed by atoms with van der Waals surface area (Å²) in [4.78, 5) is 13.2. The van der Waals surface area contributed by atoms with Gasteiger partial charge in [0.25, 0.3) is 5.91 Å². The summed E-state index contributed by atoms with van der Waals surface area (Å²) >= 11 is 0. The average Bonchev–Trinajstić information content (AvgIpc) is 2.29. The summed E-state index contributed by atoms with van der Waals surface area (Å²) in [7, 11) is 1.87. The first kappa shape index (κ1) is 11.4. The fraction of sp³-hybridized carbons (Fsp3) is 0.875. The van der Waals surface area contributed by atoms with Gasteiger partial charge in [-0.1, -0.05) is 0 Å². The monoisotopic (exact) mass is 202 g/mol. The molecule has 6 nitrogen and oxygen atoms in total. The number of nitrogens with one attached hydrogen (secondary N) is 3. The van der Waals surface area contributed by atoms with E-state index < -0.39 is 0 Å². The molecule has 1 amide bonds. The van der Waals surface area contributed by atoms with Crippen molar-refractivity contribution in [2.45, 2.75) is 6.04 Å². The summed E-state index contributed by atoms with van der Waals surface area (Å²) in [5.74, 6) is -0.359. The Morgan fingerprint density at radius 1 is 1.43 bits per heavy atom. The van der Waals surface area contributed by atoms with Gasteiger partial charge in [-0.05, 0) is 7.05 Å². The molecular weight excluding hydrogens is 184 g/mol. The fourth-order valence-electron chi connectivity index (χ4n) is 1.48. The number of rotatable bonds is 1. The molecule has 6 heteroatoms. The second-order valence-electron chi connectivity index (χ2n) is 3.43. The minimum atomic E-state index is -0.359. The Balaban J connectivity index is 2.52. The zero-order valence-corrected chi connectivity index (χ0v) is 8.42. The van der Waals surface area contributed by atoms with E-state index in [0.29, 0.717) is 6.54 Å². The molecule has 0 aromatic rings. The molecule has 4 N–H and O–H groups in total. The van der Waals surface area contributed by atoms with Gasteiger partial charge in [0.2, 0.25) is 0 Å². The fourth-order valence-corrected chi connectivity index (χ4v) is 1.48. The highest BCUT2D eigenvalue weighted by atomic mass is 16.5. The molecule has 82 valence electrons. The molecule has 0 bridgehead atoms. The third kappa shape index (κ3) is 3.22. The van der Waals surface area contributed by atoms with Gasteiger partial charge in [0.15, 0.2) is 0 Å². The maximum absolute atomic E-state index is 11.3. The second kappa shape index (κ2) is 5.92. The minimum absolute atomic E-state index is 0.306.